The number of rotatable bonds is 6. The van der Waals surface area contributed by atoms with Crippen LogP contribution in [0.5, 0.6) is 0 Å². The maximum atomic E-state index is 13.6. The van der Waals surface area contributed by atoms with Crippen LogP contribution in [0.25, 0.3) is 0 Å². The number of nitrogens with one attached hydrogen (secondary N) is 2. The maximum absolute atomic E-state index is 13.6. The summed E-state index contributed by atoms with van der Waals surface area (Å²) in [5.41, 5.74) is 5.40. The van der Waals surface area contributed by atoms with Crippen molar-refractivity contribution in [3.8, 4) is 6.07 Å². The molecule has 7 nitrogen and oxygen atoms in total. The third-order valence-electron chi connectivity index (χ3n) is 8.23. The van der Waals surface area contributed by atoms with E-state index < -0.39 is 0 Å². The molecule has 3 amide bonds. The molecule has 2 aliphatic heterocycles. The normalized spacial score (nSPS) is 20.2. The summed E-state index contributed by atoms with van der Waals surface area (Å²) in [6, 6.07) is 13.7. The van der Waals surface area contributed by atoms with Gasteiger partial charge in [-0.2, -0.15) is 5.26 Å². The van der Waals surface area contributed by atoms with Crippen molar-refractivity contribution in [1.82, 2.24) is 10.2 Å². The molecule has 194 valence electrons. The number of amides is 3. The van der Waals surface area contributed by atoms with Gasteiger partial charge in [0.05, 0.1) is 17.7 Å². The quantitative estimate of drug-likeness (QED) is 0.551. The Bertz CT molecular complexity index is 1170. The van der Waals surface area contributed by atoms with Gasteiger partial charge in [-0.1, -0.05) is 24.6 Å². The lowest BCUT2D eigenvalue weighted by molar-refractivity contribution is 0.0712. The number of piperidine rings is 1. The fourth-order valence-electron chi connectivity index (χ4n) is 5.72. The van der Waals surface area contributed by atoms with E-state index in [9.17, 15) is 9.59 Å². The number of anilines is 1. The molecule has 0 aromatic heterocycles. The Morgan fingerprint density at radius 2 is 1.78 bits per heavy atom. The first-order chi connectivity index (χ1) is 18.0. The van der Waals surface area contributed by atoms with Gasteiger partial charge in [0.15, 0.2) is 0 Å². The minimum Gasteiger partial charge on any atom is -0.376 e. The Labute approximate surface area is 219 Å². The van der Waals surface area contributed by atoms with E-state index in [4.69, 9.17) is 10.00 Å². The standard InChI is InChI=1S/C30H36N4O3/c1-20-16-27(24-4-2-5-24)28(33-30(36)32-19-25-6-3-15-37-25)17-26(20)29(35)34-13-11-23(12-14-34)22-9-7-21(18-31)8-10-22/h7-10,16-17,23-25H,2-6,11-15,19H2,1H3,(H2,32,33,36)/t25-/m1/s1. The molecular formula is C30H36N4O3. The van der Waals surface area contributed by atoms with Gasteiger partial charge < -0.3 is 20.3 Å². The number of likely N-dealkylation sites (tertiary alicyclic amines) is 1. The second kappa shape index (κ2) is 11.4. The van der Waals surface area contributed by atoms with Gasteiger partial charge in [0.1, 0.15) is 0 Å². The zero-order chi connectivity index (χ0) is 25.8. The number of aryl methyl sites for hydroxylation is 1. The van der Waals surface area contributed by atoms with Gasteiger partial charge in [0.2, 0.25) is 0 Å². The van der Waals surface area contributed by atoms with Crippen molar-refractivity contribution in [1.29, 1.82) is 5.26 Å². The van der Waals surface area contributed by atoms with Gasteiger partial charge in [-0.05, 0) is 92.2 Å². The molecule has 0 bridgehead atoms. The number of nitriles is 1. The number of carbonyl (C=O) groups excluding carboxylic acids is 2. The molecule has 3 fully saturated rings. The lowest BCUT2D eigenvalue weighted by Gasteiger charge is -2.33. The first kappa shape index (κ1) is 25.3. The van der Waals surface area contributed by atoms with Crippen LogP contribution in [0.15, 0.2) is 36.4 Å². The molecule has 5 rings (SSSR count). The Kier molecular flexibility index (Phi) is 7.76. The largest absolute Gasteiger partial charge is 0.376 e. The molecular weight excluding hydrogens is 464 g/mol. The first-order valence-electron chi connectivity index (χ1n) is 13.6. The van der Waals surface area contributed by atoms with Crippen LogP contribution in [0.3, 0.4) is 0 Å². The second-order valence-corrected chi connectivity index (χ2v) is 10.7. The van der Waals surface area contributed by atoms with Crippen molar-refractivity contribution < 1.29 is 14.3 Å². The van der Waals surface area contributed by atoms with Crippen LogP contribution in [-0.4, -0.2) is 49.2 Å². The summed E-state index contributed by atoms with van der Waals surface area (Å²) in [6.07, 6.45) is 7.31. The van der Waals surface area contributed by atoms with Gasteiger partial charge in [0.25, 0.3) is 5.91 Å². The average molecular weight is 501 g/mol. The summed E-state index contributed by atoms with van der Waals surface area (Å²) in [4.78, 5) is 28.3. The Hall–Kier alpha value is -3.37. The van der Waals surface area contributed by atoms with Crippen molar-refractivity contribution in [2.45, 2.75) is 69.8 Å². The lowest BCUT2D eigenvalue weighted by atomic mass is 9.78. The number of benzene rings is 2. The SMILES string of the molecule is Cc1cc(C2CCC2)c(NC(=O)NC[C@H]2CCCO2)cc1C(=O)N1CCC(c2ccc(C#N)cc2)CC1. The lowest BCUT2D eigenvalue weighted by Crippen LogP contribution is -2.38. The average Bonchev–Trinajstić information content (AvgIpc) is 3.42. The van der Waals surface area contributed by atoms with E-state index in [1.807, 2.05) is 42.2 Å². The monoisotopic (exact) mass is 500 g/mol. The smallest absolute Gasteiger partial charge is 0.319 e. The summed E-state index contributed by atoms with van der Waals surface area (Å²) in [5.74, 6) is 0.849. The minimum absolute atomic E-state index is 0.0266. The predicted molar refractivity (Wildman–Crippen MR) is 143 cm³/mol. The van der Waals surface area contributed by atoms with Gasteiger partial charge in [-0.3, -0.25) is 4.79 Å². The summed E-state index contributed by atoms with van der Waals surface area (Å²) in [7, 11) is 0. The zero-order valence-corrected chi connectivity index (χ0v) is 21.6. The van der Waals surface area contributed by atoms with Gasteiger partial charge >= 0.3 is 6.03 Å². The highest BCUT2D eigenvalue weighted by Crippen LogP contribution is 2.41. The number of ether oxygens (including phenoxy) is 1. The van der Waals surface area contributed by atoms with Crippen molar-refractivity contribution in [2.24, 2.45) is 0 Å². The van der Waals surface area contributed by atoms with Crippen LogP contribution in [0.2, 0.25) is 0 Å². The maximum Gasteiger partial charge on any atom is 0.319 e. The molecule has 0 spiro atoms. The fraction of sp³-hybridized carbons (Fsp3) is 0.500. The second-order valence-electron chi connectivity index (χ2n) is 10.7. The third-order valence-corrected chi connectivity index (χ3v) is 8.23. The molecule has 37 heavy (non-hydrogen) atoms. The highest BCUT2D eigenvalue weighted by molar-refractivity contribution is 5.99. The topological polar surface area (TPSA) is 94.5 Å². The van der Waals surface area contributed by atoms with E-state index >= 15 is 0 Å². The summed E-state index contributed by atoms with van der Waals surface area (Å²) < 4.78 is 5.62. The molecule has 7 heteroatoms. The predicted octanol–water partition coefficient (Wildman–Crippen LogP) is 5.45. The molecule has 1 aliphatic carbocycles. The Morgan fingerprint density at radius 3 is 2.41 bits per heavy atom. The van der Waals surface area contributed by atoms with Crippen molar-refractivity contribution >= 4 is 17.6 Å². The van der Waals surface area contributed by atoms with E-state index in [-0.39, 0.29) is 18.0 Å². The zero-order valence-electron chi connectivity index (χ0n) is 21.6. The number of hydrogen-bond donors (Lipinski definition) is 2. The van der Waals surface area contributed by atoms with E-state index in [2.05, 4.69) is 22.8 Å². The Balaban J connectivity index is 1.27. The van der Waals surface area contributed by atoms with Crippen LogP contribution in [-0.2, 0) is 4.74 Å². The number of hydrogen-bond acceptors (Lipinski definition) is 4. The summed E-state index contributed by atoms with van der Waals surface area (Å²) in [5, 5.41) is 15.0. The molecule has 2 aromatic carbocycles. The number of carbonyl (C=O) groups is 2. The molecule has 1 saturated carbocycles. The first-order valence-corrected chi connectivity index (χ1v) is 13.6. The molecule has 0 radical (unpaired) electrons. The molecule has 2 N–H and O–H groups in total. The van der Waals surface area contributed by atoms with E-state index in [0.29, 0.717) is 42.6 Å². The molecule has 2 saturated heterocycles. The summed E-state index contributed by atoms with van der Waals surface area (Å²) in [6.45, 7) is 4.64. The molecule has 3 aliphatic rings. The van der Waals surface area contributed by atoms with Gasteiger partial charge in [0, 0.05) is 37.5 Å². The molecule has 1 atom stereocenters. The summed E-state index contributed by atoms with van der Waals surface area (Å²) >= 11 is 0. The minimum atomic E-state index is -0.249. The Morgan fingerprint density at radius 1 is 1.03 bits per heavy atom. The molecule has 0 unspecified atom stereocenters. The highest BCUT2D eigenvalue weighted by Gasteiger charge is 2.29. The van der Waals surface area contributed by atoms with Crippen LogP contribution < -0.4 is 10.6 Å². The highest BCUT2D eigenvalue weighted by atomic mass is 16.5. The van der Waals surface area contributed by atoms with Crippen molar-refractivity contribution in [3.05, 3.63) is 64.2 Å². The fourth-order valence-corrected chi connectivity index (χ4v) is 5.72. The van der Waals surface area contributed by atoms with Crippen LogP contribution in [0.4, 0.5) is 10.5 Å². The number of nitrogens with zero attached hydrogens (tertiary/aromatic N) is 2. The molecule has 2 heterocycles. The van der Waals surface area contributed by atoms with Crippen LogP contribution in [0.1, 0.15) is 89.4 Å². The van der Waals surface area contributed by atoms with Gasteiger partial charge in [-0.15, -0.1) is 0 Å². The van der Waals surface area contributed by atoms with Gasteiger partial charge in [-0.25, -0.2) is 4.79 Å². The third kappa shape index (κ3) is 5.80. The van der Waals surface area contributed by atoms with E-state index in [0.717, 1.165) is 61.9 Å². The van der Waals surface area contributed by atoms with Crippen molar-refractivity contribution in [2.75, 3.05) is 31.6 Å². The number of urea groups is 1. The van der Waals surface area contributed by atoms with Crippen LogP contribution in [0, 0.1) is 18.3 Å². The van der Waals surface area contributed by atoms with Crippen molar-refractivity contribution in [3.63, 3.8) is 0 Å². The van der Waals surface area contributed by atoms with E-state index in [1.165, 1.54) is 12.0 Å². The van der Waals surface area contributed by atoms with E-state index in [1.54, 1.807) is 0 Å². The van der Waals surface area contributed by atoms with Crippen LogP contribution >= 0.6 is 0 Å². The molecule has 2 aromatic rings.